The van der Waals surface area contributed by atoms with Crippen LogP contribution in [0, 0.1) is 18.8 Å². The summed E-state index contributed by atoms with van der Waals surface area (Å²) in [7, 11) is 0. The van der Waals surface area contributed by atoms with Gasteiger partial charge in [0.1, 0.15) is 23.6 Å². The molecule has 5 heteroatoms. The van der Waals surface area contributed by atoms with Crippen LogP contribution < -0.4 is 15.4 Å². The maximum absolute atomic E-state index is 6.00. The largest absolute Gasteiger partial charge is 0.457 e. The number of anilines is 2. The lowest BCUT2D eigenvalue weighted by atomic mass is 10.0. The third-order valence-electron chi connectivity index (χ3n) is 5.75. The van der Waals surface area contributed by atoms with Gasteiger partial charge in [0, 0.05) is 16.6 Å². The van der Waals surface area contributed by atoms with Gasteiger partial charge in [-0.25, -0.2) is 9.97 Å². The molecule has 0 bridgehead atoms. The SMILES string of the molecule is Cc1cc(Nc2ncnc3ccc(C#CC4CCCCN4)cc23)ccc1Oc1ccccc1. The summed E-state index contributed by atoms with van der Waals surface area (Å²) >= 11 is 0. The van der Waals surface area contributed by atoms with Crippen LogP contribution in [0.2, 0.25) is 0 Å². The lowest BCUT2D eigenvalue weighted by Crippen LogP contribution is -2.32. The Morgan fingerprint density at radius 3 is 2.73 bits per heavy atom. The van der Waals surface area contributed by atoms with Crippen molar-refractivity contribution in [2.24, 2.45) is 0 Å². The zero-order valence-electron chi connectivity index (χ0n) is 18.6. The van der Waals surface area contributed by atoms with Crippen molar-refractivity contribution in [2.45, 2.75) is 32.2 Å². The Morgan fingerprint density at radius 1 is 1.00 bits per heavy atom. The summed E-state index contributed by atoms with van der Waals surface area (Å²) < 4.78 is 6.00. The van der Waals surface area contributed by atoms with E-state index < -0.39 is 0 Å². The average Bonchev–Trinajstić information content (AvgIpc) is 2.86. The molecular formula is C28H26N4O. The molecule has 2 N–H and O–H groups in total. The molecule has 5 nitrogen and oxygen atoms in total. The number of nitrogens with zero attached hydrogens (tertiary/aromatic N) is 2. The second-order valence-electron chi connectivity index (χ2n) is 8.25. The molecule has 3 aromatic carbocycles. The van der Waals surface area contributed by atoms with Gasteiger partial charge < -0.3 is 15.4 Å². The van der Waals surface area contributed by atoms with Crippen molar-refractivity contribution >= 4 is 22.4 Å². The number of ether oxygens (including phenoxy) is 1. The molecule has 0 radical (unpaired) electrons. The summed E-state index contributed by atoms with van der Waals surface area (Å²) in [6, 6.07) is 22.2. The summed E-state index contributed by atoms with van der Waals surface area (Å²) in [6.45, 7) is 3.09. The summed E-state index contributed by atoms with van der Waals surface area (Å²) in [5, 5.41) is 7.87. The molecular weight excluding hydrogens is 408 g/mol. The van der Waals surface area contributed by atoms with Gasteiger partial charge in [-0.05, 0) is 86.8 Å². The zero-order chi connectivity index (χ0) is 22.5. The van der Waals surface area contributed by atoms with Crippen LogP contribution >= 0.6 is 0 Å². The van der Waals surface area contributed by atoms with Crippen LogP contribution in [0.3, 0.4) is 0 Å². The van der Waals surface area contributed by atoms with Crippen LogP contribution in [0.15, 0.2) is 73.1 Å². The number of para-hydroxylation sites is 1. The van der Waals surface area contributed by atoms with Crippen LogP contribution in [0.1, 0.15) is 30.4 Å². The minimum Gasteiger partial charge on any atom is -0.457 e. The highest BCUT2D eigenvalue weighted by Gasteiger charge is 2.10. The fourth-order valence-electron chi connectivity index (χ4n) is 3.97. The predicted molar refractivity (Wildman–Crippen MR) is 133 cm³/mol. The van der Waals surface area contributed by atoms with Crippen molar-refractivity contribution in [3.05, 3.63) is 84.2 Å². The van der Waals surface area contributed by atoms with Crippen molar-refractivity contribution in [3.8, 4) is 23.3 Å². The Labute approximate surface area is 194 Å². The highest BCUT2D eigenvalue weighted by Crippen LogP contribution is 2.30. The van der Waals surface area contributed by atoms with E-state index in [1.807, 2.05) is 61.5 Å². The van der Waals surface area contributed by atoms with E-state index >= 15 is 0 Å². The molecule has 0 aliphatic carbocycles. The van der Waals surface area contributed by atoms with Gasteiger partial charge in [0.25, 0.3) is 0 Å². The molecule has 2 heterocycles. The minimum absolute atomic E-state index is 0.277. The predicted octanol–water partition coefficient (Wildman–Crippen LogP) is 5.97. The standard InChI is InChI=1S/C28H26N4O/c1-20-17-23(13-15-27(20)33-24-8-3-2-4-9-24)32-28-25-18-21(11-14-26(25)30-19-31-28)10-12-22-7-5-6-16-29-22/h2-4,8-9,11,13-15,17-19,22,29H,5-7,16H2,1H3,(H,30,31,32). The molecule has 1 unspecified atom stereocenters. The van der Waals surface area contributed by atoms with Crippen LogP contribution in [0.5, 0.6) is 11.5 Å². The topological polar surface area (TPSA) is 59.1 Å². The average molecular weight is 435 g/mol. The van der Waals surface area contributed by atoms with Gasteiger partial charge in [-0.2, -0.15) is 0 Å². The summed E-state index contributed by atoms with van der Waals surface area (Å²) in [4.78, 5) is 8.92. The van der Waals surface area contributed by atoms with E-state index in [1.54, 1.807) is 6.33 Å². The van der Waals surface area contributed by atoms with Crippen LogP contribution in [0.25, 0.3) is 10.9 Å². The van der Waals surface area contributed by atoms with Crippen molar-refractivity contribution in [3.63, 3.8) is 0 Å². The van der Waals surface area contributed by atoms with Gasteiger partial charge in [-0.1, -0.05) is 30.0 Å². The molecule has 0 amide bonds. The Kier molecular flexibility index (Phi) is 6.19. The molecule has 1 aromatic heterocycles. The van der Waals surface area contributed by atoms with E-state index in [2.05, 4.69) is 44.6 Å². The maximum Gasteiger partial charge on any atom is 0.141 e. The Morgan fingerprint density at radius 2 is 1.91 bits per heavy atom. The first-order chi connectivity index (χ1) is 16.2. The van der Waals surface area contributed by atoms with Crippen molar-refractivity contribution in [1.82, 2.24) is 15.3 Å². The number of rotatable bonds is 4. The van der Waals surface area contributed by atoms with Gasteiger partial charge in [0.15, 0.2) is 0 Å². The number of aromatic nitrogens is 2. The third-order valence-corrected chi connectivity index (χ3v) is 5.75. The number of fused-ring (bicyclic) bond motifs is 1. The van der Waals surface area contributed by atoms with E-state index in [0.29, 0.717) is 0 Å². The summed E-state index contributed by atoms with van der Waals surface area (Å²) in [5.74, 6) is 9.10. The molecule has 164 valence electrons. The number of nitrogens with one attached hydrogen (secondary N) is 2. The van der Waals surface area contributed by atoms with E-state index in [4.69, 9.17) is 4.74 Å². The van der Waals surface area contributed by atoms with Crippen molar-refractivity contribution in [2.75, 3.05) is 11.9 Å². The Hall–Kier alpha value is -3.88. The van der Waals surface area contributed by atoms with Gasteiger partial charge in [-0.15, -0.1) is 0 Å². The highest BCUT2D eigenvalue weighted by atomic mass is 16.5. The summed E-state index contributed by atoms with van der Waals surface area (Å²) in [6.07, 6.45) is 5.17. The molecule has 5 rings (SSSR count). The molecule has 33 heavy (non-hydrogen) atoms. The van der Waals surface area contributed by atoms with E-state index in [9.17, 15) is 0 Å². The van der Waals surface area contributed by atoms with E-state index in [-0.39, 0.29) is 6.04 Å². The number of piperidine rings is 1. The monoisotopic (exact) mass is 434 g/mol. The smallest absolute Gasteiger partial charge is 0.141 e. The van der Waals surface area contributed by atoms with Crippen LogP contribution in [-0.4, -0.2) is 22.6 Å². The van der Waals surface area contributed by atoms with Gasteiger partial charge >= 0.3 is 0 Å². The number of aryl methyl sites for hydroxylation is 1. The molecule has 1 aliphatic heterocycles. The highest BCUT2D eigenvalue weighted by molar-refractivity contribution is 5.91. The quantitative estimate of drug-likeness (QED) is 0.388. The fourth-order valence-corrected chi connectivity index (χ4v) is 3.97. The maximum atomic E-state index is 6.00. The van der Waals surface area contributed by atoms with Crippen LogP contribution in [0.4, 0.5) is 11.5 Å². The first-order valence-corrected chi connectivity index (χ1v) is 11.3. The molecule has 1 atom stereocenters. The lowest BCUT2D eigenvalue weighted by molar-refractivity contribution is 0.464. The Bertz CT molecular complexity index is 1320. The van der Waals surface area contributed by atoms with Crippen LogP contribution in [-0.2, 0) is 0 Å². The van der Waals surface area contributed by atoms with Gasteiger partial charge in [-0.3, -0.25) is 0 Å². The normalized spacial score (nSPS) is 15.5. The van der Waals surface area contributed by atoms with Crippen molar-refractivity contribution in [1.29, 1.82) is 0 Å². The molecule has 1 fully saturated rings. The second-order valence-corrected chi connectivity index (χ2v) is 8.25. The molecule has 1 saturated heterocycles. The molecule has 0 spiro atoms. The third kappa shape index (κ3) is 5.14. The molecule has 4 aromatic rings. The second kappa shape index (κ2) is 9.72. The first kappa shape index (κ1) is 21.0. The van der Waals surface area contributed by atoms with E-state index in [0.717, 1.165) is 58.0 Å². The minimum atomic E-state index is 0.277. The number of hydrogen-bond acceptors (Lipinski definition) is 5. The number of benzene rings is 3. The number of hydrogen-bond donors (Lipinski definition) is 2. The fraction of sp³-hybridized carbons (Fsp3) is 0.214. The van der Waals surface area contributed by atoms with Crippen molar-refractivity contribution < 1.29 is 4.74 Å². The van der Waals surface area contributed by atoms with Gasteiger partial charge in [0.2, 0.25) is 0 Å². The van der Waals surface area contributed by atoms with E-state index in [1.165, 1.54) is 12.8 Å². The summed E-state index contributed by atoms with van der Waals surface area (Å²) in [5.41, 5.74) is 3.83. The zero-order valence-corrected chi connectivity index (χ0v) is 18.6. The molecule has 0 saturated carbocycles. The van der Waals surface area contributed by atoms with Gasteiger partial charge in [0.05, 0.1) is 11.6 Å². The molecule has 1 aliphatic rings. The first-order valence-electron chi connectivity index (χ1n) is 11.3. The Balaban J connectivity index is 1.38. The lowest BCUT2D eigenvalue weighted by Gasteiger charge is -2.17.